The highest BCUT2D eigenvalue weighted by Crippen LogP contribution is 2.27. The topological polar surface area (TPSA) is 49.0 Å². The summed E-state index contributed by atoms with van der Waals surface area (Å²) in [6, 6.07) is 14.5. The van der Waals surface area contributed by atoms with Crippen molar-refractivity contribution in [3.05, 3.63) is 65.5 Å². The highest BCUT2D eigenvalue weighted by atomic mass is 16.2. The van der Waals surface area contributed by atoms with Gasteiger partial charge in [-0.3, -0.25) is 9.78 Å². The molecule has 1 aromatic carbocycles. The van der Waals surface area contributed by atoms with Crippen molar-refractivity contribution in [3.8, 4) is 22.5 Å². The molecule has 0 bridgehead atoms. The van der Waals surface area contributed by atoms with Crippen molar-refractivity contribution in [2.24, 2.45) is 0 Å². The largest absolute Gasteiger partial charge is 0.358 e. The molecule has 0 aliphatic heterocycles. The van der Waals surface area contributed by atoms with Gasteiger partial charge in [0.1, 0.15) is 0 Å². The summed E-state index contributed by atoms with van der Waals surface area (Å²) in [7, 11) is 3.56. The molecule has 140 valence electrons. The third kappa shape index (κ3) is 3.95. The lowest BCUT2D eigenvalue weighted by atomic mass is 10.00. The smallest absolute Gasteiger partial charge is 0.255 e. The molecule has 1 amide bonds. The first kappa shape index (κ1) is 18.9. The zero-order chi connectivity index (χ0) is 19.6. The quantitative estimate of drug-likeness (QED) is 0.685. The standard InChI is InChI=1S/C23H27N3O/c1-6-20-19(23(27)26(4)5)14-22(25-20)18-11-12-24-21(13-18)17-9-7-16(8-10-17)15(2)3/h7-15,25H,6H2,1-5H3. The molecule has 0 atom stereocenters. The SMILES string of the molecule is CCc1[nH]c(-c2ccnc(-c3ccc(C(C)C)cc3)c2)cc1C(=O)N(C)C. The molecule has 0 unspecified atom stereocenters. The monoisotopic (exact) mass is 361 g/mol. The molecule has 3 aromatic rings. The molecule has 0 radical (unpaired) electrons. The molecule has 1 N–H and O–H groups in total. The first-order valence-corrected chi connectivity index (χ1v) is 9.41. The molecule has 2 heterocycles. The highest BCUT2D eigenvalue weighted by molar-refractivity contribution is 5.96. The summed E-state index contributed by atoms with van der Waals surface area (Å²) in [6.07, 6.45) is 2.60. The van der Waals surface area contributed by atoms with Crippen molar-refractivity contribution >= 4 is 5.91 Å². The Labute approximate surface area is 161 Å². The van der Waals surface area contributed by atoms with E-state index in [9.17, 15) is 4.79 Å². The van der Waals surface area contributed by atoms with Crippen molar-refractivity contribution in [3.63, 3.8) is 0 Å². The third-order valence-electron chi connectivity index (χ3n) is 4.83. The highest BCUT2D eigenvalue weighted by Gasteiger charge is 2.17. The Bertz CT molecular complexity index is 937. The van der Waals surface area contributed by atoms with Gasteiger partial charge in [0.25, 0.3) is 5.91 Å². The number of benzene rings is 1. The predicted molar refractivity (Wildman–Crippen MR) is 111 cm³/mol. The first-order chi connectivity index (χ1) is 12.9. The second-order valence-corrected chi connectivity index (χ2v) is 7.33. The Hall–Kier alpha value is -2.88. The zero-order valence-corrected chi connectivity index (χ0v) is 16.7. The number of carbonyl (C=O) groups excluding carboxylic acids is 1. The number of H-pyrrole nitrogens is 1. The molecule has 0 saturated heterocycles. The Balaban J connectivity index is 1.97. The summed E-state index contributed by atoms with van der Waals surface area (Å²) in [5, 5.41) is 0. The van der Waals surface area contributed by atoms with Gasteiger partial charge in [-0.05, 0) is 36.1 Å². The second kappa shape index (κ2) is 7.78. The molecule has 27 heavy (non-hydrogen) atoms. The second-order valence-electron chi connectivity index (χ2n) is 7.33. The van der Waals surface area contributed by atoms with Gasteiger partial charge in [0.15, 0.2) is 0 Å². The predicted octanol–water partition coefficient (Wildman–Crippen LogP) is 5.13. The van der Waals surface area contributed by atoms with Gasteiger partial charge < -0.3 is 9.88 Å². The van der Waals surface area contributed by atoms with E-state index >= 15 is 0 Å². The van der Waals surface area contributed by atoms with Crippen LogP contribution in [0, 0.1) is 0 Å². The normalized spacial score (nSPS) is 11.0. The van der Waals surface area contributed by atoms with Crippen molar-refractivity contribution in [2.45, 2.75) is 33.1 Å². The number of nitrogens with zero attached hydrogens (tertiary/aromatic N) is 2. The molecular formula is C23H27N3O. The number of rotatable bonds is 5. The van der Waals surface area contributed by atoms with Gasteiger partial charge in [-0.25, -0.2) is 0 Å². The summed E-state index contributed by atoms with van der Waals surface area (Å²) in [4.78, 5) is 22.0. The van der Waals surface area contributed by atoms with Gasteiger partial charge in [0, 0.05) is 42.8 Å². The van der Waals surface area contributed by atoms with E-state index in [0.717, 1.165) is 40.2 Å². The number of hydrogen-bond donors (Lipinski definition) is 1. The molecule has 0 aliphatic carbocycles. The Morgan fingerprint density at radius 3 is 2.37 bits per heavy atom. The van der Waals surface area contributed by atoms with E-state index in [1.165, 1.54) is 5.56 Å². The van der Waals surface area contributed by atoms with Crippen molar-refractivity contribution in [1.82, 2.24) is 14.9 Å². The van der Waals surface area contributed by atoms with Crippen LogP contribution in [-0.2, 0) is 6.42 Å². The van der Waals surface area contributed by atoms with Crippen LogP contribution in [0.5, 0.6) is 0 Å². The van der Waals surface area contributed by atoms with Crippen LogP contribution in [0.4, 0.5) is 0 Å². The zero-order valence-electron chi connectivity index (χ0n) is 16.7. The van der Waals surface area contributed by atoms with Crippen LogP contribution >= 0.6 is 0 Å². The number of nitrogens with one attached hydrogen (secondary N) is 1. The van der Waals surface area contributed by atoms with E-state index in [0.29, 0.717) is 5.92 Å². The van der Waals surface area contributed by atoms with Crippen LogP contribution in [0.15, 0.2) is 48.7 Å². The summed E-state index contributed by atoms with van der Waals surface area (Å²) < 4.78 is 0. The van der Waals surface area contributed by atoms with Crippen LogP contribution in [0.3, 0.4) is 0 Å². The molecule has 4 nitrogen and oxygen atoms in total. The van der Waals surface area contributed by atoms with Gasteiger partial charge in [-0.15, -0.1) is 0 Å². The number of aromatic nitrogens is 2. The molecule has 4 heteroatoms. The molecule has 0 saturated carbocycles. The van der Waals surface area contributed by atoms with Crippen LogP contribution in [0.2, 0.25) is 0 Å². The number of aromatic amines is 1. The fraction of sp³-hybridized carbons (Fsp3) is 0.304. The third-order valence-corrected chi connectivity index (χ3v) is 4.83. The van der Waals surface area contributed by atoms with Crippen molar-refractivity contribution in [1.29, 1.82) is 0 Å². The number of pyridine rings is 1. The number of carbonyl (C=O) groups is 1. The maximum atomic E-state index is 12.4. The van der Waals surface area contributed by atoms with Gasteiger partial charge in [0.2, 0.25) is 0 Å². The van der Waals surface area contributed by atoms with Crippen molar-refractivity contribution < 1.29 is 4.79 Å². The van der Waals surface area contributed by atoms with Crippen LogP contribution in [0.1, 0.15) is 48.3 Å². The summed E-state index contributed by atoms with van der Waals surface area (Å²) in [5.74, 6) is 0.533. The van der Waals surface area contributed by atoms with Crippen molar-refractivity contribution in [2.75, 3.05) is 14.1 Å². The minimum atomic E-state index is 0.0212. The average molecular weight is 361 g/mol. The lowest BCUT2D eigenvalue weighted by Crippen LogP contribution is -2.22. The number of aryl methyl sites for hydroxylation is 1. The first-order valence-electron chi connectivity index (χ1n) is 9.41. The van der Waals surface area contributed by atoms with Gasteiger partial charge in [0.05, 0.1) is 11.3 Å². The summed E-state index contributed by atoms with van der Waals surface area (Å²) >= 11 is 0. The number of amides is 1. The maximum absolute atomic E-state index is 12.4. The minimum Gasteiger partial charge on any atom is -0.358 e. The molecule has 2 aromatic heterocycles. The van der Waals surface area contributed by atoms with E-state index in [4.69, 9.17) is 0 Å². The maximum Gasteiger partial charge on any atom is 0.255 e. The van der Waals surface area contributed by atoms with Crippen LogP contribution < -0.4 is 0 Å². The van der Waals surface area contributed by atoms with Crippen LogP contribution in [-0.4, -0.2) is 34.9 Å². The van der Waals surface area contributed by atoms with Crippen LogP contribution in [0.25, 0.3) is 22.5 Å². The van der Waals surface area contributed by atoms with E-state index < -0.39 is 0 Å². The van der Waals surface area contributed by atoms with Gasteiger partial charge >= 0.3 is 0 Å². The number of hydrogen-bond acceptors (Lipinski definition) is 2. The summed E-state index contributed by atoms with van der Waals surface area (Å²) in [5.41, 5.74) is 7.00. The van der Waals surface area contributed by atoms with Gasteiger partial charge in [-0.2, -0.15) is 0 Å². The molecular weight excluding hydrogens is 334 g/mol. The molecule has 0 spiro atoms. The fourth-order valence-electron chi connectivity index (χ4n) is 3.16. The molecule has 3 rings (SSSR count). The molecule has 0 aliphatic rings. The minimum absolute atomic E-state index is 0.0212. The Morgan fingerprint density at radius 1 is 1.07 bits per heavy atom. The van der Waals surface area contributed by atoms with E-state index in [2.05, 4.69) is 61.1 Å². The average Bonchev–Trinajstić information content (AvgIpc) is 3.12. The summed E-state index contributed by atoms with van der Waals surface area (Å²) in [6.45, 7) is 6.43. The fourth-order valence-corrected chi connectivity index (χ4v) is 3.16. The lowest BCUT2D eigenvalue weighted by molar-refractivity contribution is 0.0827. The Kier molecular flexibility index (Phi) is 5.45. The van der Waals surface area contributed by atoms with E-state index in [-0.39, 0.29) is 5.91 Å². The lowest BCUT2D eigenvalue weighted by Gasteiger charge is -2.09. The Morgan fingerprint density at radius 2 is 1.78 bits per heavy atom. The van der Waals surface area contributed by atoms with E-state index in [1.807, 2.05) is 18.3 Å². The van der Waals surface area contributed by atoms with E-state index in [1.54, 1.807) is 19.0 Å². The van der Waals surface area contributed by atoms with Gasteiger partial charge in [-0.1, -0.05) is 45.0 Å². The molecule has 0 fully saturated rings.